The van der Waals surface area contributed by atoms with Crippen LogP contribution in [0.3, 0.4) is 0 Å². The van der Waals surface area contributed by atoms with Crippen LogP contribution in [0.1, 0.15) is 65.7 Å². The topological polar surface area (TPSA) is 168 Å². The summed E-state index contributed by atoms with van der Waals surface area (Å²) in [6, 6.07) is 1.54. The van der Waals surface area contributed by atoms with E-state index >= 15 is 0 Å². The van der Waals surface area contributed by atoms with E-state index in [2.05, 4.69) is 5.32 Å². The van der Waals surface area contributed by atoms with Gasteiger partial charge < -0.3 is 14.8 Å². The van der Waals surface area contributed by atoms with Gasteiger partial charge in [0.2, 0.25) is 5.12 Å². The molecule has 36 heavy (non-hydrogen) atoms. The zero-order valence-electron chi connectivity index (χ0n) is 21.5. The van der Waals surface area contributed by atoms with E-state index in [1.54, 1.807) is 41.5 Å². The Hall–Kier alpha value is -2.87. The number of carbonyl (C=O) groups is 3. The molecule has 0 amide bonds. The lowest BCUT2D eigenvalue weighted by Gasteiger charge is -2.35. The summed E-state index contributed by atoms with van der Waals surface area (Å²) in [5.74, 6) is -2.17. The highest BCUT2D eigenvalue weighted by Crippen LogP contribution is 2.44. The number of nitrogens with one attached hydrogen (secondary N) is 1. The Labute approximate surface area is 217 Å². The quantitative estimate of drug-likeness (QED) is 0.138. The van der Waals surface area contributed by atoms with Crippen LogP contribution in [0.2, 0.25) is 0 Å². The van der Waals surface area contributed by atoms with Crippen molar-refractivity contribution >= 4 is 57.6 Å². The van der Waals surface area contributed by atoms with Crippen molar-refractivity contribution in [1.82, 2.24) is 0 Å². The van der Waals surface area contributed by atoms with Crippen LogP contribution in [0.15, 0.2) is 12.1 Å². The van der Waals surface area contributed by atoms with Crippen LogP contribution >= 0.6 is 23.5 Å². The molecular weight excluding hydrogens is 514 g/mol. The fourth-order valence-electron chi connectivity index (χ4n) is 2.91. The van der Waals surface area contributed by atoms with Crippen molar-refractivity contribution in [2.45, 2.75) is 69.8 Å². The summed E-state index contributed by atoms with van der Waals surface area (Å²) in [4.78, 5) is 59.1. The molecule has 0 saturated heterocycles. The van der Waals surface area contributed by atoms with Gasteiger partial charge in [0.05, 0.1) is 34.8 Å². The smallest absolute Gasteiger partial charge is 0.354 e. The SMILES string of the molecule is CCOC(=O)C(Nc1cc([N+](=O)[O-])cc([N+](=O)[O-])c1C(=O)SC(C)(C)C)(SC(C)(C)C)C(=O)OCC. The van der Waals surface area contributed by atoms with Gasteiger partial charge >= 0.3 is 11.9 Å². The van der Waals surface area contributed by atoms with Crippen molar-refractivity contribution < 1.29 is 33.7 Å². The van der Waals surface area contributed by atoms with Gasteiger partial charge in [0.25, 0.3) is 16.2 Å². The molecule has 0 spiro atoms. The van der Waals surface area contributed by atoms with Gasteiger partial charge in [-0.2, -0.15) is 0 Å². The van der Waals surface area contributed by atoms with E-state index in [9.17, 15) is 34.6 Å². The molecule has 1 aromatic rings. The van der Waals surface area contributed by atoms with Gasteiger partial charge in [-0.15, -0.1) is 11.8 Å². The first-order valence-electron chi connectivity index (χ1n) is 10.9. The normalized spacial score (nSPS) is 12.0. The summed E-state index contributed by atoms with van der Waals surface area (Å²) < 4.78 is 8.83. The van der Waals surface area contributed by atoms with Crippen LogP contribution < -0.4 is 5.32 Å². The molecule has 0 atom stereocenters. The highest BCUT2D eigenvalue weighted by Gasteiger charge is 2.53. The average molecular weight is 546 g/mol. The van der Waals surface area contributed by atoms with Gasteiger partial charge in [-0.25, -0.2) is 9.59 Å². The van der Waals surface area contributed by atoms with E-state index in [0.29, 0.717) is 6.07 Å². The van der Waals surface area contributed by atoms with E-state index in [-0.39, 0.29) is 13.2 Å². The minimum absolute atomic E-state index is 0.118. The second-order valence-corrected chi connectivity index (χ2v) is 13.2. The molecule has 1 aromatic carbocycles. The standard InChI is InChI=1S/C22H31N3O9S2/c1-9-33-18(27)22(19(28)34-10-2,36-21(6,7)8)23-14-11-13(24(29)30)12-15(25(31)32)16(14)17(26)35-20(3,4)5/h11-12,23H,9-10H2,1-8H3. The maximum Gasteiger partial charge on any atom is 0.354 e. The van der Waals surface area contributed by atoms with E-state index in [1.807, 2.05) is 0 Å². The molecule has 0 aromatic heterocycles. The Kier molecular flexibility index (Phi) is 10.3. The number of carbonyl (C=O) groups excluding carboxylic acids is 3. The monoisotopic (exact) mass is 545 g/mol. The lowest BCUT2D eigenvalue weighted by Crippen LogP contribution is -2.54. The molecule has 14 heteroatoms. The summed E-state index contributed by atoms with van der Waals surface area (Å²) in [7, 11) is 0. The number of hydrogen-bond acceptors (Lipinski definition) is 12. The molecule has 1 rings (SSSR count). The summed E-state index contributed by atoms with van der Waals surface area (Å²) >= 11 is 1.54. The third-order valence-corrected chi connectivity index (χ3v) is 6.36. The van der Waals surface area contributed by atoms with Crippen molar-refractivity contribution in [3.8, 4) is 0 Å². The number of ether oxygens (including phenoxy) is 2. The molecule has 200 valence electrons. The number of nitro groups is 2. The minimum atomic E-state index is -2.34. The Morgan fingerprint density at radius 2 is 1.39 bits per heavy atom. The Bertz CT molecular complexity index is 1030. The van der Waals surface area contributed by atoms with Crippen LogP contribution in [0.25, 0.3) is 0 Å². The van der Waals surface area contributed by atoms with Crippen LogP contribution in [0.5, 0.6) is 0 Å². The zero-order valence-corrected chi connectivity index (χ0v) is 23.1. The van der Waals surface area contributed by atoms with Crippen LogP contribution in [-0.2, 0) is 19.1 Å². The van der Waals surface area contributed by atoms with Gasteiger partial charge in [0, 0.05) is 15.6 Å². The molecule has 1 N–H and O–H groups in total. The summed E-state index contributed by atoms with van der Waals surface area (Å²) in [6.45, 7) is 13.0. The molecule has 0 aliphatic heterocycles. The van der Waals surface area contributed by atoms with Gasteiger partial charge in [-0.3, -0.25) is 25.0 Å². The molecule has 0 unspecified atom stereocenters. The Morgan fingerprint density at radius 3 is 1.75 bits per heavy atom. The van der Waals surface area contributed by atoms with Crippen molar-refractivity contribution in [2.24, 2.45) is 0 Å². The summed E-state index contributed by atoms with van der Waals surface area (Å²) in [6.07, 6.45) is 0. The maximum absolute atomic E-state index is 13.3. The number of benzene rings is 1. The van der Waals surface area contributed by atoms with E-state index < -0.39 is 63.9 Å². The van der Waals surface area contributed by atoms with Crippen LogP contribution in [-0.4, -0.2) is 54.5 Å². The van der Waals surface area contributed by atoms with E-state index in [4.69, 9.17) is 9.47 Å². The summed E-state index contributed by atoms with van der Waals surface area (Å²) in [5.41, 5.74) is -2.55. The van der Waals surface area contributed by atoms with Gasteiger partial charge in [-0.1, -0.05) is 53.3 Å². The number of hydrogen-bond donors (Lipinski definition) is 1. The maximum atomic E-state index is 13.3. The number of esters is 2. The third kappa shape index (κ3) is 8.08. The molecule has 0 heterocycles. The van der Waals surface area contributed by atoms with Crippen molar-refractivity contribution in [3.63, 3.8) is 0 Å². The number of nitrogens with zero attached hydrogens (tertiary/aromatic N) is 2. The van der Waals surface area contributed by atoms with Crippen molar-refractivity contribution in [3.05, 3.63) is 37.9 Å². The number of rotatable bonds is 10. The lowest BCUT2D eigenvalue weighted by atomic mass is 10.1. The first-order valence-corrected chi connectivity index (χ1v) is 12.5. The molecule has 0 bridgehead atoms. The van der Waals surface area contributed by atoms with Gasteiger partial charge in [0.1, 0.15) is 5.56 Å². The fourth-order valence-corrected chi connectivity index (χ4v) is 5.15. The van der Waals surface area contributed by atoms with Crippen LogP contribution in [0.4, 0.5) is 17.1 Å². The minimum Gasteiger partial charge on any atom is -0.463 e. The predicted molar refractivity (Wildman–Crippen MR) is 138 cm³/mol. The molecule has 0 radical (unpaired) electrons. The molecule has 12 nitrogen and oxygen atoms in total. The second kappa shape index (κ2) is 11.9. The Morgan fingerprint density at radius 1 is 0.889 bits per heavy atom. The number of anilines is 1. The van der Waals surface area contributed by atoms with E-state index in [0.717, 1.165) is 29.6 Å². The number of nitro benzene ring substituents is 2. The van der Waals surface area contributed by atoms with Gasteiger partial charge in [0.15, 0.2) is 0 Å². The van der Waals surface area contributed by atoms with E-state index in [1.165, 1.54) is 13.8 Å². The highest BCUT2D eigenvalue weighted by atomic mass is 32.2. The Balaban J connectivity index is 4.08. The molecule has 0 fully saturated rings. The molecule has 0 aliphatic carbocycles. The lowest BCUT2D eigenvalue weighted by molar-refractivity contribution is -0.394. The van der Waals surface area contributed by atoms with Crippen LogP contribution in [0, 0.1) is 20.2 Å². The predicted octanol–water partition coefficient (Wildman–Crippen LogP) is 4.94. The van der Waals surface area contributed by atoms with Crippen molar-refractivity contribution in [2.75, 3.05) is 18.5 Å². The molecule has 0 aliphatic rings. The number of thioether (sulfide) groups is 2. The third-order valence-electron chi connectivity index (χ3n) is 4.01. The highest BCUT2D eigenvalue weighted by molar-refractivity contribution is 8.15. The molecular formula is C22H31N3O9S2. The van der Waals surface area contributed by atoms with Gasteiger partial charge in [-0.05, 0) is 13.8 Å². The average Bonchev–Trinajstić information content (AvgIpc) is 2.70. The largest absolute Gasteiger partial charge is 0.463 e. The summed E-state index contributed by atoms with van der Waals surface area (Å²) in [5, 5.41) is 25.3. The first-order chi connectivity index (χ1) is 16.4. The number of non-ortho nitro benzene ring substituents is 1. The second-order valence-electron chi connectivity index (χ2n) is 9.37. The zero-order chi connectivity index (χ0) is 28.1. The first kappa shape index (κ1) is 31.2. The molecule has 0 saturated carbocycles. The van der Waals surface area contributed by atoms with Crippen molar-refractivity contribution in [1.29, 1.82) is 0 Å². The fraction of sp³-hybridized carbons (Fsp3) is 0.591.